The third-order valence-corrected chi connectivity index (χ3v) is 6.20. The first-order valence-corrected chi connectivity index (χ1v) is 10.2. The Morgan fingerprint density at radius 3 is 2.60 bits per heavy atom. The van der Waals surface area contributed by atoms with E-state index < -0.39 is 11.3 Å². The number of hydrogen-bond donors (Lipinski definition) is 1. The standard InChI is InChI=1S/C23H25N3O4/c1-14(2)16-5-4-6-17(11-16)26-9-7-15(3)19(21(26)29)20(28)25-10-8-23(13-25)12-18(27)24-22(23)30/h4-7,9,11,14H,8,10,12-13H2,1-3H3,(H,24,27,30). The molecule has 7 heteroatoms. The van der Waals surface area contributed by atoms with Crippen molar-refractivity contribution in [3.05, 3.63) is 63.6 Å². The Bertz CT molecular complexity index is 1120. The largest absolute Gasteiger partial charge is 0.337 e. The van der Waals surface area contributed by atoms with Gasteiger partial charge in [0.15, 0.2) is 0 Å². The number of carbonyl (C=O) groups is 3. The zero-order chi connectivity index (χ0) is 21.6. The van der Waals surface area contributed by atoms with Gasteiger partial charge in [-0.05, 0) is 48.6 Å². The van der Waals surface area contributed by atoms with Crippen molar-refractivity contribution in [2.45, 2.75) is 39.5 Å². The maximum Gasteiger partial charge on any atom is 0.268 e. The lowest BCUT2D eigenvalue weighted by atomic mass is 9.85. The molecule has 0 aliphatic carbocycles. The van der Waals surface area contributed by atoms with Gasteiger partial charge in [0, 0.05) is 31.4 Å². The molecule has 2 saturated heterocycles. The summed E-state index contributed by atoms with van der Waals surface area (Å²) in [5.74, 6) is -0.711. The zero-order valence-corrected chi connectivity index (χ0v) is 17.4. The third-order valence-electron chi connectivity index (χ3n) is 6.20. The van der Waals surface area contributed by atoms with Crippen molar-refractivity contribution in [1.82, 2.24) is 14.8 Å². The monoisotopic (exact) mass is 407 g/mol. The maximum atomic E-state index is 13.3. The molecule has 1 aromatic carbocycles. The molecule has 1 aromatic heterocycles. The summed E-state index contributed by atoms with van der Waals surface area (Å²) in [5.41, 5.74) is 1.27. The fourth-order valence-corrected chi connectivity index (χ4v) is 4.35. The van der Waals surface area contributed by atoms with E-state index in [2.05, 4.69) is 19.2 Å². The van der Waals surface area contributed by atoms with Crippen molar-refractivity contribution in [1.29, 1.82) is 0 Å². The highest BCUT2D eigenvalue weighted by molar-refractivity contribution is 6.07. The molecule has 4 rings (SSSR count). The lowest BCUT2D eigenvalue weighted by molar-refractivity contribution is -0.128. The van der Waals surface area contributed by atoms with E-state index in [1.54, 1.807) is 19.2 Å². The Labute approximate surface area is 174 Å². The van der Waals surface area contributed by atoms with Crippen molar-refractivity contribution < 1.29 is 14.4 Å². The van der Waals surface area contributed by atoms with E-state index in [4.69, 9.17) is 0 Å². The highest BCUT2D eigenvalue weighted by Gasteiger charge is 2.52. The summed E-state index contributed by atoms with van der Waals surface area (Å²) < 4.78 is 1.49. The smallest absolute Gasteiger partial charge is 0.268 e. The van der Waals surface area contributed by atoms with Crippen molar-refractivity contribution in [3.63, 3.8) is 0 Å². The van der Waals surface area contributed by atoms with E-state index in [0.29, 0.717) is 30.1 Å². The average Bonchev–Trinajstić information content (AvgIpc) is 3.24. The van der Waals surface area contributed by atoms with Crippen LogP contribution < -0.4 is 10.9 Å². The number of nitrogens with one attached hydrogen (secondary N) is 1. The summed E-state index contributed by atoms with van der Waals surface area (Å²) in [6.45, 7) is 6.40. The van der Waals surface area contributed by atoms with Gasteiger partial charge in [-0.3, -0.25) is 29.1 Å². The second kappa shape index (κ2) is 7.23. The second-order valence-corrected chi connectivity index (χ2v) is 8.61. The van der Waals surface area contributed by atoms with E-state index in [1.807, 2.05) is 24.3 Å². The highest BCUT2D eigenvalue weighted by atomic mass is 16.2. The number of aryl methyl sites for hydroxylation is 1. The summed E-state index contributed by atoms with van der Waals surface area (Å²) in [6, 6.07) is 9.47. The molecule has 1 unspecified atom stereocenters. The number of nitrogens with zero attached hydrogens (tertiary/aromatic N) is 2. The van der Waals surface area contributed by atoms with Crippen molar-refractivity contribution in [2.75, 3.05) is 13.1 Å². The number of carbonyl (C=O) groups excluding carboxylic acids is 3. The molecule has 2 fully saturated rings. The summed E-state index contributed by atoms with van der Waals surface area (Å²) >= 11 is 0. The van der Waals surface area contributed by atoms with Crippen LogP contribution in [0.2, 0.25) is 0 Å². The molecule has 2 aliphatic heterocycles. The van der Waals surface area contributed by atoms with Gasteiger partial charge in [-0.25, -0.2) is 0 Å². The number of imide groups is 1. The molecule has 1 spiro atoms. The van der Waals surface area contributed by atoms with Gasteiger partial charge in [0.25, 0.3) is 11.5 Å². The van der Waals surface area contributed by atoms with Crippen LogP contribution in [-0.2, 0) is 9.59 Å². The van der Waals surface area contributed by atoms with E-state index in [9.17, 15) is 19.2 Å². The molecular weight excluding hydrogens is 382 g/mol. The lowest BCUT2D eigenvalue weighted by Crippen LogP contribution is -2.39. The summed E-state index contributed by atoms with van der Waals surface area (Å²) in [6.07, 6.45) is 2.20. The molecule has 3 heterocycles. The third kappa shape index (κ3) is 3.24. The number of hydrogen-bond acceptors (Lipinski definition) is 4. The minimum atomic E-state index is -0.861. The Morgan fingerprint density at radius 1 is 1.17 bits per heavy atom. The molecule has 3 amide bonds. The molecule has 0 bridgehead atoms. The fourth-order valence-electron chi connectivity index (χ4n) is 4.35. The van der Waals surface area contributed by atoms with Gasteiger partial charge in [-0.2, -0.15) is 0 Å². The first-order valence-electron chi connectivity index (χ1n) is 10.2. The van der Waals surface area contributed by atoms with Crippen LogP contribution in [0.5, 0.6) is 0 Å². The summed E-state index contributed by atoms with van der Waals surface area (Å²) in [5, 5.41) is 2.33. The number of aromatic nitrogens is 1. The van der Waals surface area contributed by atoms with Crippen LogP contribution in [0.3, 0.4) is 0 Å². The average molecular weight is 407 g/mol. The number of benzene rings is 1. The van der Waals surface area contributed by atoms with Crippen molar-refractivity contribution in [2.24, 2.45) is 5.41 Å². The minimum Gasteiger partial charge on any atom is -0.337 e. The molecule has 156 valence electrons. The number of rotatable bonds is 3. The SMILES string of the molecule is Cc1ccn(-c2cccc(C(C)C)c2)c(=O)c1C(=O)N1CCC2(CC(=O)NC2=O)C1. The van der Waals surface area contributed by atoms with Crippen LogP contribution >= 0.6 is 0 Å². The van der Waals surface area contributed by atoms with E-state index in [0.717, 1.165) is 5.56 Å². The number of likely N-dealkylation sites (tertiary alicyclic amines) is 1. The van der Waals surface area contributed by atoms with Crippen molar-refractivity contribution >= 4 is 17.7 Å². The van der Waals surface area contributed by atoms with Gasteiger partial charge in [-0.1, -0.05) is 26.0 Å². The Balaban J connectivity index is 1.69. The lowest BCUT2D eigenvalue weighted by Gasteiger charge is -2.21. The normalized spacial score (nSPS) is 21.0. The molecule has 2 aromatic rings. The van der Waals surface area contributed by atoms with E-state index in [1.165, 1.54) is 9.47 Å². The molecular formula is C23H25N3O4. The molecule has 0 radical (unpaired) electrons. The molecule has 1 atom stereocenters. The molecule has 1 N–H and O–H groups in total. The van der Waals surface area contributed by atoms with E-state index in [-0.39, 0.29) is 35.9 Å². The predicted octanol–water partition coefficient (Wildman–Crippen LogP) is 2.15. The first kappa shape index (κ1) is 20.1. The van der Waals surface area contributed by atoms with E-state index >= 15 is 0 Å². The van der Waals surface area contributed by atoms with Crippen LogP contribution in [0.1, 0.15) is 54.1 Å². The Kier molecular flexibility index (Phi) is 4.84. The quantitative estimate of drug-likeness (QED) is 0.790. The fraction of sp³-hybridized carbons (Fsp3) is 0.391. The first-order chi connectivity index (χ1) is 14.2. The highest BCUT2D eigenvalue weighted by Crippen LogP contribution is 2.38. The molecule has 7 nitrogen and oxygen atoms in total. The van der Waals surface area contributed by atoms with Crippen LogP contribution in [0.4, 0.5) is 0 Å². The summed E-state index contributed by atoms with van der Waals surface area (Å²) in [7, 11) is 0. The summed E-state index contributed by atoms with van der Waals surface area (Å²) in [4.78, 5) is 52.0. The van der Waals surface area contributed by atoms with Crippen molar-refractivity contribution in [3.8, 4) is 5.69 Å². The molecule has 0 saturated carbocycles. The van der Waals surface area contributed by atoms with Crippen LogP contribution in [-0.4, -0.2) is 40.3 Å². The topological polar surface area (TPSA) is 88.5 Å². The number of pyridine rings is 1. The van der Waals surface area contributed by atoms with Gasteiger partial charge in [0.1, 0.15) is 5.56 Å². The zero-order valence-electron chi connectivity index (χ0n) is 17.4. The van der Waals surface area contributed by atoms with Gasteiger partial charge in [0.05, 0.1) is 5.41 Å². The van der Waals surface area contributed by atoms with Crippen LogP contribution in [0.25, 0.3) is 5.69 Å². The second-order valence-electron chi connectivity index (χ2n) is 8.61. The Morgan fingerprint density at radius 2 is 1.93 bits per heavy atom. The van der Waals surface area contributed by atoms with Gasteiger partial charge in [-0.15, -0.1) is 0 Å². The van der Waals surface area contributed by atoms with Gasteiger partial charge < -0.3 is 4.90 Å². The molecule has 2 aliphatic rings. The number of amides is 3. The van der Waals surface area contributed by atoms with Gasteiger partial charge >= 0.3 is 0 Å². The predicted molar refractivity (Wildman–Crippen MR) is 112 cm³/mol. The van der Waals surface area contributed by atoms with Crippen LogP contribution in [0, 0.1) is 12.3 Å². The maximum absolute atomic E-state index is 13.3. The molecule has 30 heavy (non-hydrogen) atoms. The van der Waals surface area contributed by atoms with Gasteiger partial charge in [0.2, 0.25) is 11.8 Å². The Hall–Kier alpha value is -3.22. The minimum absolute atomic E-state index is 0.0929. The van der Waals surface area contributed by atoms with Crippen LogP contribution in [0.15, 0.2) is 41.3 Å².